The van der Waals surface area contributed by atoms with Crippen LogP contribution in [0.25, 0.3) is 0 Å². The molecule has 0 radical (unpaired) electrons. The van der Waals surface area contributed by atoms with Crippen molar-refractivity contribution in [2.75, 3.05) is 11.6 Å². The van der Waals surface area contributed by atoms with Gasteiger partial charge in [-0.25, -0.2) is 13.2 Å². The second kappa shape index (κ2) is 9.15. The molecule has 1 aliphatic heterocycles. The summed E-state index contributed by atoms with van der Waals surface area (Å²) in [6, 6.07) is 8.20. The fraction of sp³-hybridized carbons (Fsp3) is 0.435. The number of fused-ring (bicyclic) bond motifs is 1. The standard InChI is InChI=1S/C23H27N3O5S2/c1-14-10-19-18(13-26(14)22(28)31-23(2,3)4)17(12-24)21(32-19)25-20(27)11-15-6-8-16(9-7-15)33(5,29)30/h6-9,14H,10-11,13H2,1-5H3,(H,25,27). The number of amides is 2. The second-order valence-electron chi connectivity index (χ2n) is 9.12. The summed E-state index contributed by atoms with van der Waals surface area (Å²) in [5.74, 6) is -0.311. The molecular weight excluding hydrogens is 462 g/mol. The van der Waals surface area contributed by atoms with E-state index in [4.69, 9.17) is 4.74 Å². The highest BCUT2D eigenvalue weighted by atomic mass is 32.2. The number of carbonyl (C=O) groups is 2. The first-order valence-corrected chi connectivity index (χ1v) is 13.1. The summed E-state index contributed by atoms with van der Waals surface area (Å²) in [4.78, 5) is 28.0. The molecule has 0 aliphatic carbocycles. The Hall–Kier alpha value is -2.90. The SMILES string of the molecule is CC1Cc2sc(NC(=O)Cc3ccc(S(C)(=O)=O)cc3)c(C#N)c2CN1C(=O)OC(C)(C)C. The Bertz CT molecular complexity index is 1220. The lowest BCUT2D eigenvalue weighted by Crippen LogP contribution is -2.44. The number of rotatable bonds is 4. The van der Waals surface area contributed by atoms with Crippen LogP contribution in [0.15, 0.2) is 29.2 Å². The number of carbonyl (C=O) groups excluding carboxylic acids is 2. The lowest BCUT2D eigenvalue weighted by molar-refractivity contribution is -0.115. The zero-order chi connectivity index (χ0) is 24.6. The van der Waals surface area contributed by atoms with Gasteiger partial charge in [0, 0.05) is 29.2 Å². The van der Waals surface area contributed by atoms with Crippen LogP contribution in [0.2, 0.25) is 0 Å². The minimum Gasteiger partial charge on any atom is -0.444 e. The summed E-state index contributed by atoms with van der Waals surface area (Å²) in [5.41, 5.74) is 1.13. The van der Waals surface area contributed by atoms with Crippen LogP contribution in [-0.4, -0.2) is 43.2 Å². The number of ether oxygens (including phenoxy) is 1. The first-order valence-electron chi connectivity index (χ1n) is 10.4. The number of hydrogen-bond acceptors (Lipinski definition) is 7. The van der Waals surface area contributed by atoms with Gasteiger partial charge in [-0.2, -0.15) is 5.26 Å². The number of nitriles is 1. The second-order valence-corrected chi connectivity index (χ2v) is 12.2. The lowest BCUT2D eigenvalue weighted by atomic mass is 10.0. The molecule has 0 spiro atoms. The topological polar surface area (TPSA) is 117 Å². The predicted octanol–water partition coefficient (Wildman–Crippen LogP) is 3.89. The van der Waals surface area contributed by atoms with Gasteiger partial charge in [0.25, 0.3) is 0 Å². The number of hydrogen-bond donors (Lipinski definition) is 1. The largest absolute Gasteiger partial charge is 0.444 e. The molecule has 0 fully saturated rings. The Balaban J connectivity index is 1.76. The molecule has 1 aromatic heterocycles. The molecule has 33 heavy (non-hydrogen) atoms. The molecule has 10 heteroatoms. The molecule has 1 aliphatic rings. The number of nitrogens with one attached hydrogen (secondary N) is 1. The van der Waals surface area contributed by atoms with Gasteiger partial charge in [-0.3, -0.25) is 4.79 Å². The van der Waals surface area contributed by atoms with Crippen molar-refractivity contribution in [2.24, 2.45) is 0 Å². The third-order valence-electron chi connectivity index (χ3n) is 5.14. The number of benzene rings is 1. The molecule has 0 saturated heterocycles. The predicted molar refractivity (Wildman–Crippen MR) is 126 cm³/mol. The van der Waals surface area contributed by atoms with Crippen LogP contribution in [0, 0.1) is 11.3 Å². The summed E-state index contributed by atoms with van der Waals surface area (Å²) in [6.45, 7) is 7.58. The van der Waals surface area contributed by atoms with Gasteiger partial charge < -0.3 is 15.0 Å². The van der Waals surface area contributed by atoms with E-state index in [1.54, 1.807) is 37.8 Å². The van der Waals surface area contributed by atoms with Crippen molar-refractivity contribution in [2.45, 2.75) is 63.6 Å². The van der Waals surface area contributed by atoms with Crippen LogP contribution < -0.4 is 5.32 Å². The van der Waals surface area contributed by atoms with E-state index in [9.17, 15) is 23.3 Å². The van der Waals surface area contributed by atoms with Crippen molar-refractivity contribution in [3.05, 3.63) is 45.8 Å². The average Bonchev–Trinajstić information content (AvgIpc) is 3.00. The fourth-order valence-electron chi connectivity index (χ4n) is 3.53. The highest BCUT2D eigenvalue weighted by Crippen LogP contribution is 2.38. The lowest BCUT2D eigenvalue weighted by Gasteiger charge is -2.34. The first kappa shape index (κ1) is 24.7. The Morgan fingerprint density at radius 3 is 2.45 bits per heavy atom. The maximum Gasteiger partial charge on any atom is 0.410 e. The van der Waals surface area contributed by atoms with E-state index in [1.807, 2.05) is 6.92 Å². The van der Waals surface area contributed by atoms with E-state index in [0.29, 0.717) is 22.5 Å². The smallest absolute Gasteiger partial charge is 0.410 e. The van der Waals surface area contributed by atoms with Crippen LogP contribution in [0.4, 0.5) is 9.80 Å². The summed E-state index contributed by atoms with van der Waals surface area (Å²) in [6.07, 6.45) is 1.30. The zero-order valence-electron chi connectivity index (χ0n) is 19.3. The molecule has 176 valence electrons. The van der Waals surface area contributed by atoms with Gasteiger partial charge in [0.15, 0.2) is 9.84 Å². The van der Waals surface area contributed by atoms with E-state index >= 15 is 0 Å². The Morgan fingerprint density at radius 2 is 1.91 bits per heavy atom. The maximum absolute atomic E-state index is 12.6. The summed E-state index contributed by atoms with van der Waals surface area (Å²) in [7, 11) is -3.30. The Morgan fingerprint density at radius 1 is 1.27 bits per heavy atom. The molecule has 8 nitrogen and oxygen atoms in total. The van der Waals surface area contributed by atoms with Gasteiger partial charge >= 0.3 is 6.09 Å². The Kier molecular flexibility index (Phi) is 6.86. The molecule has 1 unspecified atom stereocenters. The van der Waals surface area contributed by atoms with E-state index < -0.39 is 21.5 Å². The van der Waals surface area contributed by atoms with Crippen molar-refractivity contribution < 1.29 is 22.7 Å². The molecule has 1 aromatic carbocycles. The number of sulfone groups is 1. The fourth-order valence-corrected chi connectivity index (χ4v) is 5.46. The molecule has 1 N–H and O–H groups in total. The summed E-state index contributed by atoms with van der Waals surface area (Å²) >= 11 is 1.35. The quantitative estimate of drug-likeness (QED) is 0.696. The van der Waals surface area contributed by atoms with Crippen LogP contribution in [0.1, 0.15) is 49.3 Å². The molecule has 1 atom stereocenters. The van der Waals surface area contributed by atoms with Gasteiger partial charge in [-0.1, -0.05) is 12.1 Å². The highest BCUT2D eigenvalue weighted by Gasteiger charge is 2.34. The average molecular weight is 490 g/mol. The first-order chi connectivity index (χ1) is 15.3. The van der Waals surface area contributed by atoms with Crippen LogP contribution >= 0.6 is 11.3 Å². The zero-order valence-corrected chi connectivity index (χ0v) is 20.9. The van der Waals surface area contributed by atoms with Crippen molar-refractivity contribution in [3.63, 3.8) is 0 Å². The number of nitrogens with zero attached hydrogens (tertiary/aromatic N) is 2. The maximum atomic E-state index is 12.6. The summed E-state index contributed by atoms with van der Waals surface area (Å²) in [5, 5.41) is 13.0. The minimum absolute atomic E-state index is 0.0396. The number of anilines is 1. The van der Waals surface area contributed by atoms with Gasteiger partial charge in [0.2, 0.25) is 5.91 Å². The van der Waals surface area contributed by atoms with Crippen molar-refractivity contribution in [3.8, 4) is 6.07 Å². The molecular formula is C23H27N3O5S2. The molecule has 3 rings (SSSR count). The van der Waals surface area contributed by atoms with E-state index in [2.05, 4.69) is 11.4 Å². The van der Waals surface area contributed by atoms with Gasteiger partial charge in [-0.15, -0.1) is 11.3 Å². The minimum atomic E-state index is -3.30. The van der Waals surface area contributed by atoms with Crippen molar-refractivity contribution in [1.82, 2.24) is 4.90 Å². The van der Waals surface area contributed by atoms with Crippen molar-refractivity contribution in [1.29, 1.82) is 5.26 Å². The van der Waals surface area contributed by atoms with Crippen molar-refractivity contribution >= 4 is 38.2 Å². The third-order valence-corrected chi connectivity index (χ3v) is 7.44. The molecule has 0 saturated carbocycles. The molecule has 2 amide bonds. The van der Waals surface area contributed by atoms with Crippen LogP contribution in [0.3, 0.4) is 0 Å². The monoisotopic (exact) mass is 489 g/mol. The normalized spacial score (nSPS) is 16.0. The van der Waals surface area contributed by atoms with Crippen LogP contribution in [-0.2, 0) is 38.8 Å². The van der Waals surface area contributed by atoms with Gasteiger partial charge in [-0.05, 0) is 45.4 Å². The van der Waals surface area contributed by atoms with Gasteiger partial charge in [0.05, 0.1) is 23.4 Å². The molecule has 2 heterocycles. The molecule has 2 aromatic rings. The number of thiophene rings is 1. The van der Waals surface area contributed by atoms with E-state index in [1.165, 1.54) is 23.5 Å². The highest BCUT2D eigenvalue weighted by molar-refractivity contribution is 7.90. The van der Waals surface area contributed by atoms with E-state index in [0.717, 1.165) is 16.7 Å². The summed E-state index contributed by atoms with van der Waals surface area (Å²) < 4.78 is 28.7. The van der Waals surface area contributed by atoms with Gasteiger partial charge in [0.1, 0.15) is 16.7 Å². The third kappa shape index (κ3) is 5.92. The van der Waals surface area contributed by atoms with Crippen LogP contribution in [0.5, 0.6) is 0 Å². The van der Waals surface area contributed by atoms with E-state index in [-0.39, 0.29) is 29.8 Å². The molecule has 0 bridgehead atoms. The Labute approximate surface area is 198 Å².